The van der Waals surface area contributed by atoms with Gasteiger partial charge in [-0.1, -0.05) is 18.2 Å². The lowest BCUT2D eigenvalue weighted by Crippen LogP contribution is -1.88. The molecule has 0 amide bonds. The number of ether oxygens (including phenoxy) is 1. The lowest BCUT2D eigenvalue weighted by molar-refractivity contribution is 0.476. The van der Waals surface area contributed by atoms with Gasteiger partial charge in [-0.3, -0.25) is 0 Å². The summed E-state index contributed by atoms with van der Waals surface area (Å²) in [7, 11) is 0. The zero-order valence-electron chi connectivity index (χ0n) is 17.9. The van der Waals surface area contributed by atoms with Gasteiger partial charge in [0.2, 0.25) is 11.8 Å². The van der Waals surface area contributed by atoms with Crippen LogP contribution < -0.4 is 4.74 Å². The Morgan fingerprint density at radius 3 is 2.52 bits per heavy atom. The summed E-state index contributed by atoms with van der Waals surface area (Å²) in [6.45, 7) is 3.61. The van der Waals surface area contributed by atoms with E-state index in [1.165, 1.54) is 23.5 Å². The van der Waals surface area contributed by atoms with Gasteiger partial charge < -0.3 is 14.3 Å². The van der Waals surface area contributed by atoms with Crippen molar-refractivity contribution in [2.75, 3.05) is 0 Å². The van der Waals surface area contributed by atoms with Gasteiger partial charge >= 0.3 is 0 Å². The molecule has 0 atom stereocenters. The van der Waals surface area contributed by atoms with Gasteiger partial charge in [0.25, 0.3) is 0 Å². The third kappa shape index (κ3) is 4.36. The molecule has 0 aliphatic carbocycles. The number of aryl methyl sites for hydroxylation is 2. The molecule has 2 heterocycles. The molecular weight excluding hydrogens is 439 g/mol. The number of benzene rings is 3. The van der Waals surface area contributed by atoms with Crippen molar-refractivity contribution in [2.24, 2.45) is 0 Å². The number of aromatic hydroxyl groups is 1. The summed E-state index contributed by atoms with van der Waals surface area (Å²) in [5.74, 6) is 2.20. The summed E-state index contributed by atoms with van der Waals surface area (Å²) < 4.78 is 26.3. The van der Waals surface area contributed by atoms with Crippen molar-refractivity contribution in [3.63, 3.8) is 0 Å². The van der Waals surface area contributed by atoms with Crippen LogP contribution in [0.4, 0.5) is 4.39 Å². The van der Waals surface area contributed by atoms with Crippen molar-refractivity contribution in [3.8, 4) is 27.7 Å². The first kappa shape index (κ1) is 20.9. The fourth-order valence-corrected chi connectivity index (χ4v) is 4.79. The van der Waals surface area contributed by atoms with Crippen LogP contribution in [0.3, 0.4) is 0 Å². The average Bonchev–Trinajstić information content (AvgIpc) is 3.36. The number of hydrogen-bond donors (Lipinski definition) is 1. The monoisotopic (exact) mass is 458 g/mol. The molecule has 0 radical (unpaired) electrons. The van der Waals surface area contributed by atoms with E-state index in [0.717, 1.165) is 31.7 Å². The number of thiophene rings is 1. The molecular formula is C26H19FN2O3S. The zero-order chi connectivity index (χ0) is 22.9. The minimum absolute atomic E-state index is 0.185. The Kier molecular flexibility index (Phi) is 5.40. The first-order valence-corrected chi connectivity index (χ1v) is 11.1. The second-order valence-electron chi connectivity index (χ2n) is 7.56. The van der Waals surface area contributed by atoms with Crippen LogP contribution in [0.2, 0.25) is 0 Å². The summed E-state index contributed by atoms with van der Waals surface area (Å²) >= 11 is 1.50. The first-order chi connectivity index (χ1) is 16.0. The van der Waals surface area contributed by atoms with Gasteiger partial charge in [-0.15, -0.1) is 21.5 Å². The Balaban J connectivity index is 1.49. The minimum atomic E-state index is -0.281. The molecule has 0 aliphatic heterocycles. The lowest BCUT2D eigenvalue weighted by atomic mass is 10.1. The SMILES string of the molecule is Cc1nnc(/C=C/c2ccc(Oc3c(-c4ccc(F)cc4C)sc4cc(O)ccc34)cc2)o1. The zero-order valence-corrected chi connectivity index (χ0v) is 18.7. The van der Waals surface area contributed by atoms with Crippen molar-refractivity contribution in [2.45, 2.75) is 13.8 Å². The lowest BCUT2D eigenvalue weighted by Gasteiger charge is -2.10. The predicted molar refractivity (Wildman–Crippen MR) is 128 cm³/mol. The van der Waals surface area contributed by atoms with Crippen LogP contribution in [0.1, 0.15) is 22.9 Å². The van der Waals surface area contributed by atoms with E-state index in [4.69, 9.17) is 9.15 Å². The maximum atomic E-state index is 13.7. The summed E-state index contributed by atoms with van der Waals surface area (Å²) in [6, 6.07) is 17.5. The highest BCUT2D eigenvalue weighted by Gasteiger charge is 2.18. The topological polar surface area (TPSA) is 68.4 Å². The molecule has 0 bridgehead atoms. The van der Waals surface area contributed by atoms with Crippen molar-refractivity contribution >= 4 is 33.6 Å². The van der Waals surface area contributed by atoms with Gasteiger partial charge in [0.1, 0.15) is 17.3 Å². The van der Waals surface area contributed by atoms with E-state index >= 15 is 0 Å². The van der Waals surface area contributed by atoms with Gasteiger partial charge in [0.05, 0.1) is 4.88 Å². The molecule has 5 aromatic rings. The number of phenolic OH excluding ortho intramolecular Hbond substituents is 1. The molecule has 5 nitrogen and oxygen atoms in total. The quantitative estimate of drug-likeness (QED) is 0.298. The van der Waals surface area contributed by atoms with E-state index < -0.39 is 0 Å². The molecule has 0 spiro atoms. The Labute approximate surface area is 193 Å². The fourth-order valence-electron chi connectivity index (χ4n) is 3.53. The van der Waals surface area contributed by atoms with Gasteiger partial charge in [0.15, 0.2) is 5.75 Å². The molecule has 33 heavy (non-hydrogen) atoms. The van der Waals surface area contributed by atoms with Gasteiger partial charge in [0, 0.05) is 23.1 Å². The standard InChI is InChI=1S/C26H19FN2O3S/c1-15-13-18(27)6-10-21(15)26-25(22-11-7-19(30)14-23(22)33-26)32-20-8-3-17(4-9-20)5-12-24-29-28-16(2)31-24/h3-14,30H,1-2H3/b12-5+. The maximum absolute atomic E-state index is 13.7. The Morgan fingerprint density at radius 1 is 0.970 bits per heavy atom. The van der Waals surface area contributed by atoms with E-state index in [0.29, 0.717) is 23.3 Å². The number of hydrogen-bond acceptors (Lipinski definition) is 6. The Hall–Kier alpha value is -3.97. The van der Waals surface area contributed by atoms with Crippen molar-refractivity contribution in [1.29, 1.82) is 0 Å². The molecule has 0 aliphatic rings. The van der Waals surface area contributed by atoms with E-state index in [1.807, 2.05) is 43.3 Å². The van der Waals surface area contributed by atoms with Crippen LogP contribution in [0, 0.1) is 19.7 Å². The number of rotatable bonds is 5. The van der Waals surface area contributed by atoms with E-state index in [-0.39, 0.29) is 11.6 Å². The highest BCUT2D eigenvalue weighted by Crippen LogP contribution is 2.48. The van der Waals surface area contributed by atoms with Crippen LogP contribution in [-0.4, -0.2) is 15.3 Å². The van der Waals surface area contributed by atoms with Crippen LogP contribution in [0.25, 0.3) is 32.7 Å². The normalized spacial score (nSPS) is 11.5. The first-order valence-electron chi connectivity index (χ1n) is 10.2. The maximum Gasteiger partial charge on any atom is 0.240 e. The van der Waals surface area contributed by atoms with Crippen LogP contribution >= 0.6 is 11.3 Å². The minimum Gasteiger partial charge on any atom is -0.508 e. The van der Waals surface area contributed by atoms with Crippen molar-refractivity contribution in [1.82, 2.24) is 10.2 Å². The Bertz CT molecular complexity index is 1490. The second-order valence-corrected chi connectivity index (χ2v) is 8.62. The molecule has 0 saturated heterocycles. The van der Waals surface area contributed by atoms with E-state index in [9.17, 15) is 9.50 Å². The highest BCUT2D eigenvalue weighted by atomic mass is 32.1. The number of fused-ring (bicyclic) bond motifs is 1. The molecule has 7 heteroatoms. The number of aromatic nitrogens is 2. The summed E-state index contributed by atoms with van der Waals surface area (Å²) in [5.41, 5.74) is 2.65. The van der Waals surface area contributed by atoms with Gasteiger partial charge in [-0.2, -0.15) is 0 Å². The van der Waals surface area contributed by atoms with Gasteiger partial charge in [-0.25, -0.2) is 4.39 Å². The fraction of sp³-hybridized carbons (Fsp3) is 0.0769. The highest BCUT2D eigenvalue weighted by molar-refractivity contribution is 7.22. The number of phenols is 1. The van der Waals surface area contributed by atoms with E-state index in [1.54, 1.807) is 31.2 Å². The molecule has 5 rings (SSSR count). The summed E-state index contributed by atoms with van der Waals surface area (Å²) in [4.78, 5) is 0.879. The summed E-state index contributed by atoms with van der Waals surface area (Å²) in [6.07, 6.45) is 3.64. The van der Waals surface area contributed by atoms with Crippen LogP contribution in [0.5, 0.6) is 17.2 Å². The van der Waals surface area contributed by atoms with Crippen molar-refractivity contribution in [3.05, 3.63) is 89.4 Å². The number of halogens is 1. The third-order valence-corrected chi connectivity index (χ3v) is 6.29. The largest absolute Gasteiger partial charge is 0.508 e. The molecule has 0 fully saturated rings. The van der Waals surface area contributed by atoms with Crippen LogP contribution in [-0.2, 0) is 0 Å². The molecule has 3 aromatic carbocycles. The number of nitrogens with zero attached hydrogens (tertiary/aromatic N) is 2. The Morgan fingerprint density at radius 2 is 1.79 bits per heavy atom. The molecule has 1 N–H and O–H groups in total. The third-order valence-electron chi connectivity index (χ3n) is 5.12. The average molecular weight is 459 g/mol. The predicted octanol–water partition coefficient (Wildman–Crippen LogP) is 7.38. The molecule has 0 saturated carbocycles. The van der Waals surface area contributed by atoms with Crippen molar-refractivity contribution < 1.29 is 18.7 Å². The smallest absolute Gasteiger partial charge is 0.240 e. The molecule has 0 unspecified atom stereocenters. The summed E-state index contributed by atoms with van der Waals surface area (Å²) in [5, 5.41) is 18.6. The van der Waals surface area contributed by atoms with Gasteiger partial charge in [-0.05, 0) is 72.2 Å². The van der Waals surface area contributed by atoms with E-state index in [2.05, 4.69) is 10.2 Å². The second kappa shape index (κ2) is 8.52. The van der Waals surface area contributed by atoms with Crippen LogP contribution in [0.15, 0.2) is 65.1 Å². The molecule has 2 aromatic heterocycles. The molecule has 164 valence electrons.